The maximum Gasteiger partial charge on any atom is 0.340 e. The Morgan fingerprint density at radius 1 is 1.17 bits per heavy atom. The van der Waals surface area contributed by atoms with Gasteiger partial charge >= 0.3 is 5.97 Å². The van der Waals surface area contributed by atoms with Gasteiger partial charge in [0.1, 0.15) is 0 Å². The van der Waals surface area contributed by atoms with E-state index in [1.165, 1.54) is 31.4 Å². The molecule has 1 N–H and O–H groups in total. The summed E-state index contributed by atoms with van der Waals surface area (Å²) in [5, 5.41) is 26.3. The molecule has 0 radical (unpaired) electrons. The van der Waals surface area contributed by atoms with Gasteiger partial charge in [0.25, 0.3) is 0 Å². The monoisotopic (exact) mass is 252 g/mol. The van der Waals surface area contributed by atoms with Crippen LogP contribution in [-0.4, -0.2) is 17.4 Å². The van der Waals surface area contributed by atoms with Crippen molar-refractivity contribution in [1.82, 2.24) is 0 Å². The molecule has 1 unspecified atom stereocenters. The van der Waals surface area contributed by atoms with Gasteiger partial charge in [-0.05, 0) is 6.42 Å². The molecule has 0 spiro atoms. The molecule has 0 bridgehead atoms. The zero-order valence-corrected chi connectivity index (χ0v) is 10.8. The number of aliphatic hydroxyl groups excluding tert-OH is 1. The number of aliphatic hydroxyl groups is 1. The quantitative estimate of drug-likeness (QED) is 0.386. The van der Waals surface area contributed by atoms with Crippen LogP contribution in [0.3, 0.4) is 0 Å². The van der Waals surface area contributed by atoms with E-state index >= 15 is 0 Å². The number of carbonyl (C=O) groups excluding carboxylic acids is 1. The molecule has 0 aromatic carbocycles. The molecule has 1 atom stereocenters. The lowest BCUT2D eigenvalue weighted by atomic mass is 10.1. The van der Waals surface area contributed by atoms with Gasteiger partial charge in [-0.2, -0.15) is 10.5 Å². The van der Waals surface area contributed by atoms with Crippen LogP contribution in [0.2, 0.25) is 0 Å². The molecule has 5 nitrogen and oxygen atoms in total. The number of nitriles is 2. The van der Waals surface area contributed by atoms with E-state index in [0.717, 1.165) is 19.3 Å². The summed E-state index contributed by atoms with van der Waals surface area (Å²) in [6.45, 7) is 2.14. The van der Waals surface area contributed by atoms with Crippen LogP contribution in [0, 0.1) is 28.6 Å². The van der Waals surface area contributed by atoms with Gasteiger partial charge in [-0.1, -0.05) is 39.0 Å². The van der Waals surface area contributed by atoms with Crippen molar-refractivity contribution in [2.75, 3.05) is 0 Å². The van der Waals surface area contributed by atoms with Crippen molar-refractivity contribution in [3.63, 3.8) is 0 Å². The van der Waals surface area contributed by atoms with Gasteiger partial charge in [0.05, 0.1) is 12.1 Å². The van der Waals surface area contributed by atoms with Crippen molar-refractivity contribution in [3.05, 3.63) is 0 Å². The standard InChI is InChI=1S/C13H20N2O3/c1-2-3-4-5-6-7-8-12(16)18-13(17)11(9-14)10-15/h11-12,16H,2-8H2,1H3. The summed E-state index contributed by atoms with van der Waals surface area (Å²) >= 11 is 0. The van der Waals surface area contributed by atoms with Crippen molar-refractivity contribution in [3.8, 4) is 12.1 Å². The second-order valence-corrected chi connectivity index (χ2v) is 4.14. The van der Waals surface area contributed by atoms with Crippen LogP contribution in [0.25, 0.3) is 0 Å². The Morgan fingerprint density at radius 3 is 2.28 bits per heavy atom. The van der Waals surface area contributed by atoms with Gasteiger partial charge in [-0.15, -0.1) is 0 Å². The van der Waals surface area contributed by atoms with E-state index in [0.29, 0.717) is 6.42 Å². The van der Waals surface area contributed by atoms with E-state index in [9.17, 15) is 9.90 Å². The maximum absolute atomic E-state index is 11.2. The number of rotatable bonds is 9. The van der Waals surface area contributed by atoms with Crippen molar-refractivity contribution >= 4 is 5.97 Å². The SMILES string of the molecule is CCCCCCCCC(O)OC(=O)C(C#N)C#N. The first-order valence-electron chi connectivity index (χ1n) is 6.33. The topological polar surface area (TPSA) is 94.1 Å². The summed E-state index contributed by atoms with van der Waals surface area (Å²) in [4.78, 5) is 11.2. The Labute approximate surface area is 108 Å². The highest BCUT2D eigenvalue weighted by Gasteiger charge is 2.21. The Kier molecular flexibility index (Phi) is 9.62. The first kappa shape index (κ1) is 16.4. The molecular formula is C13H20N2O3. The largest absolute Gasteiger partial charge is 0.434 e. The highest BCUT2D eigenvalue weighted by Crippen LogP contribution is 2.10. The number of unbranched alkanes of at least 4 members (excludes halogenated alkanes) is 5. The molecule has 0 aromatic heterocycles. The van der Waals surface area contributed by atoms with Crippen molar-refractivity contribution < 1.29 is 14.6 Å². The predicted octanol–water partition coefficient (Wildman–Crippen LogP) is 2.26. The van der Waals surface area contributed by atoms with Gasteiger partial charge < -0.3 is 9.84 Å². The fourth-order valence-corrected chi connectivity index (χ4v) is 1.49. The molecule has 0 saturated heterocycles. The van der Waals surface area contributed by atoms with E-state index in [-0.39, 0.29) is 0 Å². The minimum Gasteiger partial charge on any atom is -0.434 e. The van der Waals surface area contributed by atoms with Gasteiger partial charge in [0.2, 0.25) is 12.2 Å². The number of hydrogen-bond acceptors (Lipinski definition) is 5. The first-order valence-corrected chi connectivity index (χ1v) is 6.33. The lowest BCUT2D eigenvalue weighted by Crippen LogP contribution is -2.22. The number of carbonyl (C=O) groups is 1. The van der Waals surface area contributed by atoms with Gasteiger partial charge in [-0.25, -0.2) is 4.79 Å². The number of nitrogens with zero attached hydrogens (tertiary/aromatic N) is 2. The highest BCUT2D eigenvalue weighted by atomic mass is 16.6. The zero-order chi connectivity index (χ0) is 13.8. The fraction of sp³-hybridized carbons (Fsp3) is 0.769. The van der Waals surface area contributed by atoms with Crippen LogP contribution in [0.4, 0.5) is 0 Å². The van der Waals surface area contributed by atoms with E-state index in [4.69, 9.17) is 10.5 Å². The molecule has 0 rings (SSSR count). The van der Waals surface area contributed by atoms with Gasteiger partial charge in [-0.3, -0.25) is 0 Å². The number of esters is 1. The third-order valence-corrected chi connectivity index (χ3v) is 2.55. The Hall–Kier alpha value is -1.59. The third-order valence-electron chi connectivity index (χ3n) is 2.55. The normalized spacial score (nSPS) is 11.6. The minimum absolute atomic E-state index is 0.349. The van der Waals surface area contributed by atoms with E-state index < -0.39 is 18.2 Å². The lowest BCUT2D eigenvalue weighted by Gasteiger charge is -2.11. The second-order valence-electron chi connectivity index (χ2n) is 4.14. The van der Waals surface area contributed by atoms with E-state index in [1.54, 1.807) is 0 Å². The molecular weight excluding hydrogens is 232 g/mol. The predicted molar refractivity (Wildman–Crippen MR) is 64.8 cm³/mol. The van der Waals surface area contributed by atoms with Crippen LogP contribution in [0.5, 0.6) is 0 Å². The average molecular weight is 252 g/mol. The molecule has 0 aliphatic heterocycles. The smallest absolute Gasteiger partial charge is 0.340 e. The number of ether oxygens (including phenoxy) is 1. The summed E-state index contributed by atoms with van der Waals surface area (Å²) in [5.74, 6) is -2.43. The molecule has 0 amide bonds. The van der Waals surface area contributed by atoms with E-state index in [1.807, 2.05) is 0 Å². The van der Waals surface area contributed by atoms with Crippen LogP contribution >= 0.6 is 0 Å². The molecule has 0 aliphatic rings. The minimum atomic E-state index is -1.45. The third kappa shape index (κ3) is 7.65. The summed E-state index contributed by atoms with van der Waals surface area (Å²) < 4.78 is 4.59. The fourth-order valence-electron chi connectivity index (χ4n) is 1.49. The van der Waals surface area contributed by atoms with Crippen LogP contribution in [0.1, 0.15) is 51.9 Å². The second kappa shape index (κ2) is 10.6. The summed E-state index contributed by atoms with van der Waals surface area (Å²) in [6, 6.07) is 3.00. The van der Waals surface area contributed by atoms with Gasteiger partial charge in [0.15, 0.2) is 0 Å². The van der Waals surface area contributed by atoms with Crippen molar-refractivity contribution in [1.29, 1.82) is 10.5 Å². The summed E-state index contributed by atoms with van der Waals surface area (Å²) in [7, 11) is 0. The zero-order valence-electron chi connectivity index (χ0n) is 10.8. The maximum atomic E-state index is 11.2. The average Bonchev–Trinajstić information content (AvgIpc) is 2.35. The molecule has 0 aromatic rings. The Bertz CT molecular complexity index is 303. The number of hydrogen-bond donors (Lipinski definition) is 1. The molecule has 5 heteroatoms. The van der Waals surface area contributed by atoms with Crippen LogP contribution in [-0.2, 0) is 9.53 Å². The summed E-state index contributed by atoms with van der Waals surface area (Å²) in [5.41, 5.74) is 0. The van der Waals surface area contributed by atoms with Crippen LogP contribution < -0.4 is 0 Å². The molecule has 0 saturated carbocycles. The van der Waals surface area contributed by atoms with Crippen molar-refractivity contribution in [2.24, 2.45) is 5.92 Å². The molecule has 0 heterocycles. The first-order chi connectivity index (χ1) is 8.65. The highest BCUT2D eigenvalue weighted by molar-refractivity contribution is 5.78. The molecule has 0 aliphatic carbocycles. The van der Waals surface area contributed by atoms with Crippen molar-refractivity contribution in [2.45, 2.75) is 58.2 Å². The lowest BCUT2D eigenvalue weighted by molar-refractivity contribution is -0.170. The molecule has 100 valence electrons. The Balaban J connectivity index is 3.66. The van der Waals surface area contributed by atoms with Gasteiger partial charge in [0, 0.05) is 6.42 Å². The molecule has 0 fully saturated rings. The molecule has 18 heavy (non-hydrogen) atoms. The summed E-state index contributed by atoms with van der Waals surface area (Å²) in [6.07, 6.45) is 5.56. The van der Waals surface area contributed by atoms with E-state index in [2.05, 4.69) is 11.7 Å². The van der Waals surface area contributed by atoms with Crippen LogP contribution in [0.15, 0.2) is 0 Å². The Morgan fingerprint density at radius 2 is 1.72 bits per heavy atom.